The Morgan fingerprint density at radius 1 is 1.24 bits per heavy atom. The van der Waals surface area contributed by atoms with Crippen LogP contribution in [0.5, 0.6) is 0 Å². The van der Waals surface area contributed by atoms with Crippen LogP contribution in [0.1, 0.15) is 72.1 Å². The molecule has 3 heteroatoms. The predicted molar refractivity (Wildman–Crippen MR) is 88.3 cm³/mol. The first-order valence-electron chi connectivity index (χ1n) is 9.13. The van der Waals surface area contributed by atoms with Gasteiger partial charge in [-0.3, -0.25) is 4.79 Å². The van der Waals surface area contributed by atoms with Crippen molar-refractivity contribution in [3.05, 3.63) is 0 Å². The first kappa shape index (κ1) is 16.8. The number of nitrogens with one attached hydrogen (secondary N) is 1. The predicted octanol–water partition coefficient (Wildman–Crippen LogP) is 3.58. The van der Waals surface area contributed by atoms with Gasteiger partial charge in [-0.1, -0.05) is 46.5 Å². The molecule has 2 atom stereocenters. The third kappa shape index (κ3) is 4.00. The highest BCUT2D eigenvalue weighted by atomic mass is 16.2. The van der Waals surface area contributed by atoms with Gasteiger partial charge < -0.3 is 10.2 Å². The van der Waals surface area contributed by atoms with Crippen molar-refractivity contribution in [2.45, 2.75) is 78.2 Å². The number of amides is 1. The van der Waals surface area contributed by atoms with Crippen LogP contribution >= 0.6 is 0 Å². The first-order chi connectivity index (χ1) is 10.1. The molecule has 2 fully saturated rings. The van der Waals surface area contributed by atoms with Gasteiger partial charge in [0, 0.05) is 24.5 Å². The molecule has 21 heavy (non-hydrogen) atoms. The van der Waals surface area contributed by atoms with Crippen LogP contribution in [0.25, 0.3) is 0 Å². The van der Waals surface area contributed by atoms with Crippen molar-refractivity contribution in [1.29, 1.82) is 0 Å². The van der Waals surface area contributed by atoms with E-state index in [-0.39, 0.29) is 5.41 Å². The molecule has 1 saturated carbocycles. The van der Waals surface area contributed by atoms with Gasteiger partial charge in [0.15, 0.2) is 0 Å². The first-order valence-corrected chi connectivity index (χ1v) is 9.13. The van der Waals surface area contributed by atoms with Gasteiger partial charge in [0.05, 0.1) is 0 Å². The summed E-state index contributed by atoms with van der Waals surface area (Å²) in [5, 5.41) is 3.68. The van der Waals surface area contributed by atoms with Crippen LogP contribution in [-0.4, -0.2) is 36.5 Å². The van der Waals surface area contributed by atoms with Crippen LogP contribution in [0.2, 0.25) is 0 Å². The van der Waals surface area contributed by atoms with Crippen LogP contribution in [0.4, 0.5) is 0 Å². The molecule has 0 bridgehead atoms. The second-order valence-electron chi connectivity index (χ2n) is 7.39. The van der Waals surface area contributed by atoms with Crippen molar-refractivity contribution in [2.24, 2.45) is 11.3 Å². The van der Waals surface area contributed by atoms with Gasteiger partial charge in [0.25, 0.3) is 0 Å². The van der Waals surface area contributed by atoms with Crippen LogP contribution in [0.15, 0.2) is 0 Å². The van der Waals surface area contributed by atoms with E-state index in [1.54, 1.807) is 0 Å². The Balaban J connectivity index is 1.94. The fourth-order valence-corrected chi connectivity index (χ4v) is 4.16. The Bertz CT molecular complexity index is 336. The fraction of sp³-hybridized carbons (Fsp3) is 0.944. The Morgan fingerprint density at radius 2 is 1.95 bits per heavy atom. The second-order valence-corrected chi connectivity index (χ2v) is 7.39. The highest BCUT2D eigenvalue weighted by Crippen LogP contribution is 2.38. The maximum Gasteiger partial charge on any atom is 0.228 e. The molecule has 1 heterocycles. The van der Waals surface area contributed by atoms with Crippen molar-refractivity contribution in [3.8, 4) is 0 Å². The van der Waals surface area contributed by atoms with Gasteiger partial charge in [0.1, 0.15) is 0 Å². The summed E-state index contributed by atoms with van der Waals surface area (Å²) in [6, 6.07) is 0.609. The molecular formula is C18H34N2O. The van der Waals surface area contributed by atoms with E-state index < -0.39 is 0 Å². The summed E-state index contributed by atoms with van der Waals surface area (Å²) in [5.41, 5.74) is -0.0692. The normalized spacial score (nSPS) is 29.4. The summed E-state index contributed by atoms with van der Waals surface area (Å²) in [7, 11) is 0. The van der Waals surface area contributed by atoms with E-state index in [0.29, 0.717) is 17.9 Å². The molecule has 1 amide bonds. The molecule has 0 spiro atoms. The molecule has 1 aliphatic carbocycles. The molecule has 3 nitrogen and oxygen atoms in total. The van der Waals surface area contributed by atoms with Crippen molar-refractivity contribution >= 4 is 5.91 Å². The third-order valence-corrected chi connectivity index (χ3v) is 5.68. The number of likely N-dealkylation sites (tertiary alicyclic amines) is 1. The fourth-order valence-electron chi connectivity index (χ4n) is 4.16. The van der Waals surface area contributed by atoms with E-state index in [4.69, 9.17) is 0 Å². The average Bonchev–Trinajstić information content (AvgIpc) is 2.52. The number of hydrogen-bond donors (Lipinski definition) is 1. The van der Waals surface area contributed by atoms with Gasteiger partial charge >= 0.3 is 0 Å². The Morgan fingerprint density at radius 3 is 2.57 bits per heavy atom. The molecule has 1 aliphatic heterocycles. The Labute approximate surface area is 130 Å². The van der Waals surface area contributed by atoms with E-state index in [1.165, 1.54) is 32.1 Å². The van der Waals surface area contributed by atoms with E-state index in [0.717, 1.165) is 38.9 Å². The van der Waals surface area contributed by atoms with Crippen LogP contribution < -0.4 is 5.32 Å². The molecular weight excluding hydrogens is 260 g/mol. The highest BCUT2D eigenvalue weighted by molar-refractivity contribution is 5.82. The largest absolute Gasteiger partial charge is 0.342 e. The van der Waals surface area contributed by atoms with Gasteiger partial charge in [-0.25, -0.2) is 0 Å². The Kier molecular flexibility index (Phi) is 6.09. The van der Waals surface area contributed by atoms with E-state index in [2.05, 4.69) is 31.0 Å². The molecule has 0 aromatic rings. The zero-order chi connectivity index (χ0) is 15.3. The topological polar surface area (TPSA) is 32.3 Å². The van der Waals surface area contributed by atoms with Gasteiger partial charge in [-0.2, -0.15) is 0 Å². The molecule has 1 saturated heterocycles. The molecule has 122 valence electrons. The molecule has 2 aliphatic rings. The lowest BCUT2D eigenvalue weighted by atomic mass is 9.74. The van der Waals surface area contributed by atoms with Crippen molar-refractivity contribution in [2.75, 3.05) is 19.6 Å². The van der Waals surface area contributed by atoms with Crippen LogP contribution in [0, 0.1) is 11.3 Å². The quantitative estimate of drug-likeness (QED) is 0.840. The van der Waals surface area contributed by atoms with Crippen LogP contribution in [-0.2, 0) is 4.79 Å². The minimum Gasteiger partial charge on any atom is -0.342 e. The summed E-state index contributed by atoms with van der Waals surface area (Å²) in [5.74, 6) is 1.07. The second kappa shape index (κ2) is 7.62. The minimum atomic E-state index is -0.0692. The molecule has 0 radical (unpaired) electrons. The van der Waals surface area contributed by atoms with Crippen molar-refractivity contribution < 1.29 is 4.79 Å². The third-order valence-electron chi connectivity index (χ3n) is 5.68. The molecule has 1 N–H and O–H groups in total. The summed E-state index contributed by atoms with van der Waals surface area (Å²) in [6.45, 7) is 9.71. The Hall–Kier alpha value is -0.570. The van der Waals surface area contributed by atoms with E-state index >= 15 is 0 Å². The van der Waals surface area contributed by atoms with Crippen molar-refractivity contribution in [1.82, 2.24) is 10.2 Å². The van der Waals surface area contributed by atoms with E-state index in [1.807, 2.05) is 0 Å². The summed E-state index contributed by atoms with van der Waals surface area (Å²) < 4.78 is 0. The number of rotatable bonds is 5. The summed E-state index contributed by atoms with van der Waals surface area (Å²) >= 11 is 0. The summed E-state index contributed by atoms with van der Waals surface area (Å²) in [6.07, 6.45) is 9.44. The van der Waals surface area contributed by atoms with Gasteiger partial charge in [-0.15, -0.1) is 0 Å². The van der Waals surface area contributed by atoms with Gasteiger partial charge in [0.2, 0.25) is 5.91 Å². The maximum atomic E-state index is 13.0. The number of nitrogens with zero attached hydrogens (tertiary/aromatic N) is 1. The zero-order valence-corrected chi connectivity index (χ0v) is 14.3. The molecule has 0 aromatic carbocycles. The molecule has 0 aromatic heterocycles. The number of carbonyl (C=O) groups excluding carboxylic acids is 1. The van der Waals surface area contributed by atoms with Crippen LogP contribution in [0.3, 0.4) is 0 Å². The lowest BCUT2D eigenvalue weighted by Gasteiger charge is -2.43. The maximum absolute atomic E-state index is 13.0. The standard InChI is InChI=1S/C18H34N2O/c1-4-12-19-16-9-13-20(14-15(16)5-2)17(21)18(3)10-7-6-8-11-18/h15-16,19H,4-14H2,1-3H3. The SMILES string of the molecule is CCCNC1CCN(C(=O)C2(C)CCCCC2)CC1CC. The van der Waals surface area contributed by atoms with Crippen molar-refractivity contribution in [3.63, 3.8) is 0 Å². The smallest absolute Gasteiger partial charge is 0.228 e. The zero-order valence-electron chi connectivity index (χ0n) is 14.3. The lowest BCUT2D eigenvalue weighted by Crippen LogP contribution is -2.54. The van der Waals surface area contributed by atoms with Gasteiger partial charge in [-0.05, 0) is 38.1 Å². The average molecular weight is 294 g/mol. The molecule has 2 rings (SSSR count). The van der Waals surface area contributed by atoms with E-state index in [9.17, 15) is 4.79 Å². The highest BCUT2D eigenvalue weighted by Gasteiger charge is 2.40. The summed E-state index contributed by atoms with van der Waals surface area (Å²) in [4.78, 5) is 15.1. The number of carbonyl (C=O) groups is 1. The number of hydrogen-bond acceptors (Lipinski definition) is 2. The minimum absolute atomic E-state index is 0.0692. The monoisotopic (exact) mass is 294 g/mol. The molecule has 2 unspecified atom stereocenters. The lowest BCUT2D eigenvalue weighted by molar-refractivity contribution is -0.145. The number of piperidine rings is 1.